The zero-order valence-electron chi connectivity index (χ0n) is 10.9. The Bertz CT molecular complexity index is 380. The highest BCUT2D eigenvalue weighted by atomic mass is 16.5. The summed E-state index contributed by atoms with van der Waals surface area (Å²) in [7, 11) is 0. The summed E-state index contributed by atoms with van der Waals surface area (Å²) >= 11 is 0. The number of benzene rings is 1. The second-order valence-corrected chi connectivity index (χ2v) is 4.96. The number of nitrogens with one attached hydrogen (secondary N) is 1. The molecule has 0 bridgehead atoms. The molecular weight excluding hydrogens is 226 g/mol. The second-order valence-electron chi connectivity index (χ2n) is 4.96. The van der Waals surface area contributed by atoms with Crippen LogP contribution in [0.15, 0.2) is 24.3 Å². The van der Waals surface area contributed by atoms with Crippen LogP contribution in [-0.2, 0) is 16.1 Å². The van der Waals surface area contributed by atoms with Crippen LogP contribution < -0.4 is 5.32 Å². The van der Waals surface area contributed by atoms with Gasteiger partial charge >= 0.3 is 0 Å². The summed E-state index contributed by atoms with van der Waals surface area (Å²) in [6.45, 7) is 3.46. The van der Waals surface area contributed by atoms with Crippen LogP contribution >= 0.6 is 0 Å². The average molecular weight is 247 g/mol. The number of aryl methyl sites for hydroxylation is 1. The summed E-state index contributed by atoms with van der Waals surface area (Å²) < 4.78 is 5.56. The van der Waals surface area contributed by atoms with Gasteiger partial charge in [-0.15, -0.1) is 0 Å². The summed E-state index contributed by atoms with van der Waals surface area (Å²) in [6, 6.07) is 8.22. The van der Waals surface area contributed by atoms with E-state index in [1.165, 1.54) is 12.0 Å². The quantitative estimate of drug-likeness (QED) is 0.888. The van der Waals surface area contributed by atoms with E-state index in [1.807, 2.05) is 12.1 Å². The number of ether oxygens (including phenoxy) is 1. The van der Waals surface area contributed by atoms with Crippen LogP contribution in [0.3, 0.4) is 0 Å². The zero-order chi connectivity index (χ0) is 12.8. The molecule has 98 valence electrons. The lowest BCUT2D eigenvalue weighted by Crippen LogP contribution is -2.30. The first-order chi connectivity index (χ1) is 8.74. The first kappa shape index (κ1) is 13.1. The van der Waals surface area contributed by atoms with Crippen molar-refractivity contribution in [1.29, 1.82) is 0 Å². The van der Waals surface area contributed by atoms with Crippen molar-refractivity contribution in [3.8, 4) is 0 Å². The summed E-state index contributed by atoms with van der Waals surface area (Å²) in [5, 5.41) is 2.95. The normalized spacial score (nSPS) is 19.5. The highest BCUT2D eigenvalue weighted by Gasteiger charge is 2.17. The monoisotopic (exact) mass is 247 g/mol. The Labute approximate surface area is 109 Å². The number of carbonyl (C=O) groups is 1. The highest BCUT2D eigenvalue weighted by Crippen LogP contribution is 2.15. The van der Waals surface area contributed by atoms with E-state index >= 15 is 0 Å². The van der Waals surface area contributed by atoms with Crippen LogP contribution in [-0.4, -0.2) is 18.6 Å². The van der Waals surface area contributed by atoms with Crippen molar-refractivity contribution in [2.24, 2.45) is 0 Å². The minimum absolute atomic E-state index is 0.0856. The molecule has 1 N–H and O–H groups in total. The van der Waals surface area contributed by atoms with Crippen LogP contribution in [0.1, 0.15) is 36.8 Å². The fourth-order valence-corrected chi connectivity index (χ4v) is 2.15. The topological polar surface area (TPSA) is 38.3 Å². The third kappa shape index (κ3) is 4.15. The molecule has 1 amide bonds. The van der Waals surface area contributed by atoms with Crippen molar-refractivity contribution in [3.63, 3.8) is 0 Å². The third-order valence-electron chi connectivity index (χ3n) is 3.30. The van der Waals surface area contributed by atoms with Gasteiger partial charge in [0.2, 0.25) is 5.91 Å². The van der Waals surface area contributed by atoms with E-state index in [0.29, 0.717) is 13.0 Å². The van der Waals surface area contributed by atoms with Crippen molar-refractivity contribution in [3.05, 3.63) is 35.4 Å². The van der Waals surface area contributed by atoms with Gasteiger partial charge in [0.05, 0.1) is 12.5 Å². The number of amides is 1. The predicted octanol–water partition coefficient (Wildman–Crippen LogP) is 2.57. The lowest BCUT2D eigenvalue weighted by Gasteiger charge is -2.21. The third-order valence-corrected chi connectivity index (χ3v) is 3.30. The highest BCUT2D eigenvalue weighted by molar-refractivity contribution is 5.76. The predicted molar refractivity (Wildman–Crippen MR) is 71.2 cm³/mol. The molecule has 1 atom stereocenters. The Morgan fingerprint density at radius 2 is 2.11 bits per heavy atom. The van der Waals surface area contributed by atoms with Crippen molar-refractivity contribution in [2.45, 2.75) is 45.3 Å². The molecule has 3 nitrogen and oxygen atoms in total. The van der Waals surface area contributed by atoms with Crippen LogP contribution in [0.25, 0.3) is 0 Å². The zero-order valence-corrected chi connectivity index (χ0v) is 10.9. The van der Waals surface area contributed by atoms with Crippen molar-refractivity contribution >= 4 is 5.91 Å². The fraction of sp³-hybridized carbons (Fsp3) is 0.533. The van der Waals surface area contributed by atoms with Crippen LogP contribution in [0.5, 0.6) is 0 Å². The minimum Gasteiger partial charge on any atom is -0.378 e. The van der Waals surface area contributed by atoms with E-state index in [-0.39, 0.29) is 12.0 Å². The number of hydrogen-bond acceptors (Lipinski definition) is 2. The van der Waals surface area contributed by atoms with Gasteiger partial charge in [-0.05, 0) is 31.7 Å². The Kier molecular flexibility index (Phi) is 4.76. The molecule has 0 aliphatic carbocycles. The van der Waals surface area contributed by atoms with Gasteiger partial charge in [0.25, 0.3) is 0 Å². The Balaban J connectivity index is 1.72. The van der Waals surface area contributed by atoms with E-state index in [4.69, 9.17) is 4.74 Å². The van der Waals surface area contributed by atoms with Gasteiger partial charge in [0.1, 0.15) is 0 Å². The number of carbonyl (C=O) groups excluding carboxylic acids is 1. The lowest BCUT2D eigenvalue weighted by molar-refractivity contribution is -0.125. The van der Waals surface area contributed by atoms with E-state index in [9.17, 15) is 4.79 Å². The van der Waals surface area contributed by atoms with Crippen LogP contribution in [0, 0.1) is 6.92 Å². The van der Waals surface area contributed by atoms with Gasteiger partial charge < -0.3 is 10.1 Å². The second kappa shape index (κ2) is 6.55. The summed E-state index contributed by atoms with van der Waals surface area (Å²) in [4.78, 5) is 11.8. The molecule has 2 rings (SSSR count). The van der Waals surface area contributed by atoms with E-state index in [1.54, 1.807) is 0 Å². The molecule has 1 heterocycles. The molecule has 1 aromatic rings. The summed E-state index contributed by atoms with van der Waals surface area (Å²) in [5.41, 5.74) is 2.37. The maximum atomic E-state index is 11.8. The molecule has 3 heteroatoms. The SMILES string of the molecule is Cc1ccc(CNC(=O)CC2CCCCO2)cc1. The van der Waals surface area contributed by atoms with Crippen molar-refractivity contribution < 1.29 is 9.53 Å². The lowest BCUT2D eigenvalue weighted by atomic mass is 10.1. The van der Waals surface area contributed by atoms with Gasteiger partial charge in [0, 0.05) is 13.2 Å². The van der Waals surface area contributed by atoms with Gasteiger partial charge in [-0.25, -0.2) is 0 Å². The molecule has 0 radical (unpaired) electrons. The van der Waals surface area contributed by atoms with E-state index in [0.717, 1.165) is 25.0 Å². The summed E-state index contributed by atoms with van der Waals surface area (Å²) in [5.74, 6) is 0.0856. The Morgan fingerprint density at radius 1 is 1.33 bits per heavy atom. The Hall–Kier alpha value is -1.35. The standard InChI is InChI=1S/C15H21NO2/c1-12-5-7-13(8-6-12)11-16-15(17)10-14-4-2-3-9-18-14/h5-8,14H,2-4,9-11H2,1H3,(H,16,17). The molecule has 1 fully saturated rings. The first-order valence-electron chi connectivity index (χ1n) is 6.68. The van der Waals surface area contributed by atoms with Gasteiger partial charge in [-0.3, -0.25) is 4.79 Å². The van der Waals surface area contributed by atoms with Crippen molar-refractivity contribution in [2.75, 3.05) is 6.61 Å². The molecule has 0 spiro atoms. The molecule has 1 aliphatic heterocycles. The molecule has 1 unspecified atom stereocenters. The largest absolute Gasteiger partial charge is 0.378 e. The first-order valence-corrected chi connectivity index (χ1v) is 6.68. The fourth-order valence-electron chi connectivity index (χ4n) is 2.15. The molecular formula is C15H21NO2. The maximum Gasteiger partial charge on any atom is 0.222 e. The minimum atomic E-state index is 0.0856. The molecule has 1 aliphatic rings. The maximum absolute atomic E-state index is 11.8. The van der Waals surface area contributed by atoms with Gasteiger partial charge in [0.15, 0.2) is 0 Å². The van der Waals surface area contributed by atoms with E-state index < -0.39 is 0 Å². The van der Waals surface area contributed by atoms with Gasteiger partial charge in [-0.1, -0.05) is 29.8 Å². The molecule has 0 aromatic heterocycles. The summed E-state index contributed by atoms with van der Waals surface area (Å²) in [6.07, 6.45) is 3.93. The van der Waals surface area contributed by atoms with Gasteiger partial charge in [-0.2, -0.15) is 0 Å². The van der Waals surface area contributed by atoms with Crippen molar-refractivity contribution in [1.82, 2.24) is 5.32 Å². The van der Waals surface area contributed by atoms with Crippen LogP contribution in [0.4, 0.5) is 0 Å². The Morgan fingerprint density at radius 3 is 2.78 bits per heavy atom. The van der Waals surface area contributed by atoms with E-state index in [2.05, 4.69) is 24.4 Å². The number of hydrogen-bond donors (Lipinski definition) is 1. The molecule has 1 aromatic carbocycles. The molecule has 1 saturated heterocycles. The van der Waals surface area contributed by atoms with Crippen LogP contribution in [0.2, 0.25) is 0 Å². The average Bonchev–Trinajstić information content (AvgIpc) is 2.39. The molecule has 0 saturated carbocycles. The smallest absolute Gasteiger partial charge is 0.222 e. The molecule has 18 heavy (non-hydrogen) atoms. The number of rotatable bonds is 4.